The Balaban J connectivity index is 2.01. The maximum Gasteiger partial charge on any atom is 0.251 e. The minimum atomic E-state index is -0.292. The first-order valence-corrected chi connectivity index (χ1v) is 8.45. The molecule has 0 bridgehead atoms. The van der Waals surface area contributed by atoms with Gasteiger partial charge in [0.15, 0.2) is 0 Å². The van der Waals surface area contributed by atoms with Crippen LogP contribution in [0, 0.1) is 0 Å². The summed E-state index contributed by atoms with van der Waals surface area (Å²) in [6.07, 6.45) is 0.948. The number of anilines is 1. The van der Waals surface area contributed by atoms with Gasteiger partial charge < -0.3 is 19.7 Å². The molecule has 2 aromatic rings. The maximum atomic E-state index is 12.4. The fourth-order valence-corrected chi connectivity index (χ4v) is 2.57. The van der Waals surface area contributed by atoms with Crippen molar-refractivity contribution >= 4 is 17.5 Å². The minimum absolute atomic E-state index is 0.214. The quantitative estimate of drug-likeness (QED) is 0.728. The van der Waals surface area contributed by atoms with Crippen LogP contribution in [0.2, 0.25) is 0 Å². The number of nitrogens with zero attached hydrogens (tertiary/aromatic N) is 1. The van der Waals surface area contributed by atoms with E-state index in [2.05, 4.69) is 11.9 Å². The number of likely N-dealkylation sites (N-methyl/N-ethyl adjacent to an activating group) is 1. The van der Waals surface area contributed by atoms with Crippen LogP contribution in [0.3, 0.4) is 0 Å². The largest absolute Gasteiger partial charge is 0.497 e. The Morgan fingerprint density at radius 2 is 1.89 bits per heavy atom. The third-order valence-electron chi connectivity index (χ3n) is 4.22. The average Bonchev–Trinajstić information content (AvgIpc) is 2.73. The molecule has 1 N–H and O–H groups in total. The van der Waals surface area contributed by atoms with Crippen LogP contribution in [0.5, 0.6) is 5.75 Å². The number of ether oxygens (including phenoxy) is 2. The van der Waals surface area contributed by atoms with Crippen molar-refractivity contribution in [3.05, 3.63) is 72.3 Å². The predicted molar refractivity (Wildman–Crippen MR) is 105 cm³/mol. The van der Waals surface area contributed by atoms with Gasteiger partial charge in [-0.05, 0) is 48.0 Å². The van der Waals surface area contributed by atoms with Crippen molar-refractivity contribution < 1.29 is 19.1 Å². The zero-order valence-corrected chi connectivity index (χ0v) is 15.8. The molecule has 6 heteroatoms. The fraction of sp³-hybridized carbons (Fsp3) is 0.238. The van der Waals surface area contributed by atoms with Crippen molar-refractivity contribution in [2.45, 2.75) is 6.10 Å². The van der Waals surface area contributed by atoms with Gasteiger partial charge in [0.2, 0.25) is 5.91 Å². The molecule has 6 nitrogen and oxygen atoms in total. The summed E-state index contributed by atoms with van der Waals surface area (Å²) in [4.78, 5) is 25.5. The predicted octanol–water partition coefficient (Wildman–Crippen LogP) is 2.96. The number of benzene rings is 2. The highest BCUT2D eigenvalue weighted by Crippen LogP contribution is 2.21. The molecule has 2 rings (SSSR count). The van der Waals surface area contributed by atoms with Gasteiger partial charge in [0.05, 0.1) is 13.2 Å². The lowest BCUT2D eigenvalue weighted by Gasteiger charge is -2.18. The Labute approximate surface area is 159 Å². The van der Waals surface area contributed by atoms with Gasteiger partial charge in [-0.3, -0.25) is 9.59 Å². The van der Waals surface area contributed by atoms with E-state index in [0.717, 1.165) is 11.3 Å². The number of carbonyl (C=O) groups excluding carboxylic acids is 2. The van der Waals surface area contributed by atoms with E-state index < -0.39 is 0 Å². The van der Waals surface area contributed by atoms with Gasteiger partial charge in [-0.1, -0.05) is 18.7 Å². The number of carbonyl (C=O) groups is 2. The normalized spacial score (nSPS) is 11.4. The van der Waals surface area contributed by atoms with Crippen LogP contribution in [-0.4, -0.2) is 39.6 Å². The highest BCUT2D eigenvalue weighted by molar-refractivity contribution is 6.01. The van der Waals surface area contributed by atoms with Gasteiger partial charge in [-0.25, -0.2) is 0 Å². The number of hydrogen-bond donors (Lipinski definition) is 1. The van der Waals surface area contributed by atoms with Gasteiger partial charge in [0.25, 0.3) is 5.91 Å². The van der Waals surface area contributed by atoms with Crippen LogP contribution < -0.4 is 15.0 Å². The molecule has 0 saturated carbocycles. The summed E-state index contributed by atoms with van der Waals surface area (Å²) in [7, 11) is 4.85. The zero-order chi connectivity index (χ0) is 19.8. The van der Waals surface area contributed by atoms with E-state index in [1.807, 2.05) is 24.3 Å². The molecule has 0 radical (unpaired) electrons. The van der Waals surface area contributed by atoms with E-state index in [0.29, 0.717) is 17.8 Å². The molecule has 0 aliphatic carbocycles. The van der Waals surface area contributed by atoms with Gasteiger partial charge in [-0.15, -0.1) is 0 Å². The van der Waals surface area contributed by atoms with Crippen LogP contribution in [-0.2, 0) is 9.53 Å². The molecule has 1 unspecified atom stereocenters. The molecule has 0 saturated heterocycles. The number of methoxy groups -OCH3 is 2. The summed E-state index contributed by atoms with van der Waals surface area (Å²) >= 11 is 0. The second kappa shape index (κ2) is 9.54. The molecule has 0 aliphatic heterocycles. The highest BCUT2D eigenvalue weighted by Gasteiger charge is 2.14. The second-order valence-corrected chi connectivity index (χ2v) is 5.86. The maximum absolute atomic E-state index is 12.4. The van der Waals surface area contributed by atoms with Gasteiger partial charge in [0, 0.05) is 32.0 Å². The summed E-state index contributed by atoms with van der Waals surface area (Å²) in [6.45, 7) is 3.78. The summed E-state index contributed by atoms with van der Waals surface area (Å²) in [6, 6.07) is 14.3. The lowest BCUT2D eigenvalue weighted by molar-refractivity contribution is -0.113. The van der Waals surface area contributed by atoms with Crippen LogP contribution >= 0.6 is 0 Å². The number of hydrogen-bond acceptors (Lipinski definition) is 4. The summed E-state index contributed by atoms with van der Waals surface area (Å²) in [5.74, 6) is 0.298. The summed E-state index contributed by atoms with van der Waals surface area (Å²) in [5, 5.41) is 2.87. The van der Waals surface area contributed by atoms with Crippen molar-refractivity contribution in [2.75, 3.05) is 32.7 Å². The van der Waals surface area contributed by atoms with Crippen LogP contribution in [0.15, 0.2) is 61.2 Å². The Morgan fingerprint density at radius 1 is 1.19 bits per heavy atom. The van der Waals surface area contributed by atoms with E-state index in [9.17, 15) is 9.59 Å². The van der Waals surface area contributed by atoms with Crippen molar-refractivity contribution in [1.82, 2.24) is 5.32 Å². The fourth-order valence-electron chi connectivity index (χ4n) is 2.57. The molecule has 0 aromatic heterocycles. The topological polar surface area (TPSA) is 67.9 Å². The molecule has 2 aromatic carbocycles. The third kappa shape index (κ3) is 5.18. The van der Waals surface area contributed by atoms with E-state index >= 15 is 0 Å². The molecule has 1 atom stereocenters. The van der Waals surface area contributed by atoms with Crippen LogP contribution in [0.25, 0.3) is 0 Å². The van der Waals surface area contributed by atoms with Crippen molar-refractivity contribution in [3.63, 3.8) is 0 Å². The Kier molecular flexibility index (Phi) is 7.14. The second-order valence-electron chi connectivity index (χ2n) is 5.86. The first-order chi connectivity index (χ1) is 13.0. The molecule has 0 aliphatic rings. The van der Waals surface area contributed by atoms with Crippen molar-refractivity contribution in [1.29, 1.82) is 0 Å². The zero-order valence-electron chi connectivity index (χ0n) is 15.8. The van der Waals surface area contributed by atoms with Gasteiger partial charge in [0.1, 0.15) is 5.75 Å². The molecule has 0 fully saturated rings. The van der Waals surface area contributed by atoms with Gasteiger partial charge in [-0.2, -0.15) is 0 Å². The first-order valence-electron chi connectivity index (χ1n) is 8.45. The van der Waals surface area contributed by atoms with Gasteiger partial charge >= 0.3 is 0 Å². The van der Waals surface area contributed by atoms with E-state index in [1.165, 1.54) is 11.0 Å². The van der Waals surface area contributed by atoms with E-state index in [-0.39, 0.29) is 17.9 Å². The molecule has 0 heterocycles. The SMILES string of the molecule is C=CC(=O)N(C)c1ccc(C(=O)NCC(OC)c2cccc(OC)c2)cc1. The summed E-state index contributed by atoms with van der Waals surface area (Å²) in [5.41, 5.74) is 2.10. The highest BCUT2D eigenvalue weighted by atomic mass is 16.5. The molecule has 2 amide bonds. The minimum Gasteiger partial charge on any atom is -0.497 e. The average molecular weight is 368 g/mol. The molecule has 0 spiro atoms. The third-order valence-corrected chi connectivity index (χ3v) is 4.22. The standard InChI is InChI=1S/C21H24N2O4/c1-5-20(24)23(2)17-11-9-15(10-12-17)21(25)22-14-19(27-4)16-7-6-8-18(13-16)26-3/h5-13,19H,1,14H2,2-4H3,(H,22,25). The molecule has 142 valence electrons. The number of amides is 2. The molecular weight excluding hydrogens is 344 g/mol. The summed E-state index contributed by atoms with van der Waals surface area (Å²) < 4.78 is 10.7. The Bertz CT molecular complexity index is 802. The molecular formula is C21H24N2O4. The van der Waals surface area contributed by atoms with Crippen LogP contribution in [0.4, 0.5) is 5.69 Å². The van der Waals surface area contributed by atoms with Crippen molar-refractivity contribution in [3.8, 4) is 5.75 Å². The van der Waals surface area contributed by atoms with Crippen molar-refractivity contribution in [2.24, 2.45) is 0 Å². The van der Waals surface area contributed by atoms with Crippen LogP contribution in [0.1, 0.15) is 22.0 Å². The van der Waals surface area contributed by atoms with E-state index in [1.54, 1.807) is 45.5 Å². The monoisotopic (exact) mass is 368 g/mol. The molecule has 27 heavy (non-hydrogen) atoms. The Morgan fingerprint density at radius 3 is 2.48 bits per heavy atom. The lowest BCUT2D eigenvalue weighted by Crippen LogP contribution is -2.29. The first kappa shape index (κ1) is 20.2. The number of nitrogens with one attached hydrogen (secondary N) is 1. The smallest absolute Gasteiger partial charge is 0.251 e. The lowest BCUT2D eigenvalue weighted by atomic mass is 10.1. The van der Waals surface area contributed by atoms with E-state index in [4.69, 9.17) is 9.47 Å². The Hall–Kier alpha value is -3.12. The number of rotatable bonds is 8.